The van der Waals surface area contributed by atoms with Gasteiger partial charge in [0, 0.05) is 38.0 Å². The lowest BCUT2D eigenvalue weighted by Crippen LogP contribution is -2.50. The predicted molar refractivity (Wildman–Crippen MR) is 80.2 cm³/mol. The van der Waals surface area contributed by atoms with Gasteiger partial charge in [-0.3, -0.25) is 14.6 Å². The summed E-state index contributed by atoms with van der Waals surface area (Å²) >= 11 is 0. The van der Waals surface area contributed by atoms with E-state index in [1.165, 1.54) is 0 Å². The number of nitrogens with one attached hydrogen (secondary N) is 1. The van der Waals surface area contributed by atoms with Crippen LogP contribution in [0, 0.1) is 0 Å². The quantitative estimate of drug-likeness (QED) is 0.889. The third-order valence-electron chi connectivity index (χ3n) is 4.02. The van der Waals surface area contributed by atoms with Gasteiger partial charge in [-0.2, -0.15) is 0 Å². The number of hydrogen-bond donors (Lipinski definition) is 1. The molecule has 2 aliphatic heterocycles. The first kappa shape index (κ1) is 14.5. The Morgan fingerprint density at radius 1 is 1.36 bits per heavy atom. The van der Waals surface area contributed by atoms with Crippen LogP contribution in [0.5, 0.6) is 0 Å². The maximum atomic E-state index is 12.2. The van der Waals surface area contributed by atoms with Crippen molar-refractivity contribution < 1.29 is 14.4 Å². The molecule has 0 bridgehead atoms. The number of anilines is 1. The molecule has 3 rings (SSSR count). The predicted octanol–water partition coefficient (Wildman–Crippen LogP) is 1.18. The molecule has 0 saturated carbocycles. The average molecular weight is 302 g/mol. The van der Waals surface area contributed by atoms with E-state index in [0.717, 1.165) is 19.4 Å². The second-order valence-corrected chi connectivity index (χ2v) is 5.72. The van der Waals surface area contributed by atoms with Crippen LogP contribution in [-0.2, 0) is 14.4 Å². The Balaban J connectivity index is 1.64. The summed E-state index contributed by atoms with van der Waals surface area (Å²) in [5, 5.41) is 6.72. The summed E-state index contributed by atoms with van der Waals surface area (Å²) in [6.07, 6.45) is 5.29. The number of pyridine rings is 1. The molecular weight excluding hydrogens is 284 g/mol. The number of rotatable bonds is 2. The highest BCUT2D eigenvalue weighted by Gasteiger charge is 2.45. The van der Waals surface area contributed by atoms with Crippen LogP contribution in [0.2, 0.25) is 0 Å². The number of hydrogen-bond acceptors (Lipinski definition) is 5. The van der Waals surface area contributed by atoms with Gasteiger partial charge in [-0.1, -0.05) is 5.16 Å². The summed E-state index contributed by atoms with van der Waals surface area (Å²) in [5.41, 5.74) is 0.481. The maximum absolute atomic E-state index is 12.2. The molecule has 0 unspecified atom stereocenters. The fourth-order valence-corrected chi connectivity index (χ4v) is 2.87. The Bertz CT molecular complexity index is 616. The van der Waals surface area contributed by atoms with Gasteiger partial charge in [0.05, 0.1) is 6.54 Å². The van der Waals surface area contributed by atoms with Crippen molar-refractivity contribution in [1.29, 1.82) is 0 Å². The minimum atomic E-state index is -0.547. The van der Waals surface area contributed by atoms with Crippen molar-refractivity contribution in [1.82, 2.24) is 9.88 Å². The molecule has 0 radical (unpaired) electrons. The van der Waals surface area contributed by atoms with Gasteiger partial charge in [0.25, 0.3) is 5.91 Å². The van der Waals surface area contributed by atoms with Crippen molar-refractivity contribution in [2.24, 2.45) is 5.16 Å². The Labute approximate surface area is 128 Å². The zero-order valence-corrected chi connectivity index (χ0v) is 12.4. The van der Waals surface area contributed by atoms with Gasteiger partial charge in [0.1, 0.15) is 5.71 Å². The van der Waals surface area contributed by atoms with Crippen molar-refractivity contribution >= 4 is 23.2 Å². The molecule has 1 saturated heterocycles. The van der Waals surface area contributed by atoms with Crippen molar-refractivity contribution in [2.45, 2.75) is 31.8 Å². The Morgan fingerprint density at radius 3 is 2.86 bits per heavy atom. The van der Waals surface area contributed by atoms with Gasteiger partial charge in [0.2, 0.25) is 5.91 Å². The molecule has 116 valence electrons. The van der Waals surface area contributed by atoms with Crippen LogP contribution in [0.25, 0.3) is 0 Å². The Hall–Kier alpha value is -2.44. The van der Waals surface area contributed by atoms with Crippen LogP contribution in [0.1, 0.15) is 26.2 Å². The normalized spacial score (nSPS) is 23.9. The highest BCUT2D eigenvalue weighted by atomic mass is 16.7. The average Bonchev–Trinajstić information content (AvgIpc) is 2.92. The van der Waals surface area contributed by atoms with E-state index >= 15 is 0 Å². The molecule has 1 N–H and O–H groups in total. The Kier molecular flexibility index (Phi) is 3.79. The van der Waals surface area contributed by atoms with Crippen LogP contribution in [0.3, 0.4) is 0 Å². The Morgan fingerprint density at radius 2 is 2.14 bits per heavy atom. The molecule has 7 heteroatoms. The van der Waals surface area contributed by atoms with E-state index in [1.807, 2.05) is 0 Å². The molecule has 3 heterocycles. The molecule has 2 aliphatic rings. The third-order valence-corrected chi connectivity index (χ3v) is 4.02. The summed E-state index contributed by atoms with van der Waals surface area (Å²) in [6.45, 7) is 2.77. The van der Waals surface area contributed by atoms with Crippen LogP contribution >= 0.6 is 0 Å². The summed E-state index contributed by atoms with van der Waals surface area (Å²) < 4.78 is 0. The first-order chi connectivity index (χ1) is 10.6. The van der Waals surface area contributed by atoms with Crippen molar-refractivity contribution in [3.05, 3.63) is 24.5 Å². The lowest BCUT2D eigenvalue weighted by Gasteiger charge is -2.37. The number of nitrogens with zero attached hydrogens (tertiary/aromatic N) is 3. The van der Waals surface area contributed by atoms with Gasteiger partial charge in [-0.15, -0.1) is 0 Å². The van der Waals surface area contributed by atoms with E-state index in [0.29, 0.717) is 24.4 Å². The first-order valence-electron chi connectivity index (χ1n) is 7.30. The van der Waals surface area contributed by atoms with Crippen LogP contribution in [0.4, 0.5) is 5.69 Å². The molecule has 2 amide bonds. The largest absolute Gasteiger partial charge is 0.386 e. The number of oxime groups is 1. The minimum absolute atomic E-state index is 0.0253. The second kappa shape index (κ2) is 5.75. The standard InChI is InChI=1S/C15H18N4O3/c1-11(20)19-8-2-5-15(10-19)9-13(18-22-15)14(21)17-12-3-6-16-7-4-12/h3-4,6-7H,2,5,8-10H2,1H3,(H,16,17,21)/t15-/m1/s1. The number of carbonyl (C=O) groups excluding carboxylic acids is 2. The molecule has 22 heavy (non-hydrogen) atoms. The number of carbonyl (C=O) groups is 2. The van der Waals surface area contributed by atoms with E-state index in [1.54, 1.807) is 36.4 Å². The van der Waals surface area contributed by atoms with Crippen molar-refractivity contribution in [3.63, 3.8) is 0 Å². The summed E-state index contributed by atoms with van der Waals surface area (Å²) in [5.74, 6) is -0.250. The third kappa shape index (κ3) is 2.93. The molecule has 1 fully saturated rings. The SMILES string of the molecule is CC(=O)N1CCC[C@@]2(CC(C(=O)Nc3ccncc3)=NO2)C1. The fourth-order valence-electron chi connectivity index (χ4n) is 2.87. The molecule has 1 aromatic rings. The lowest BCUT2D eigenvalue weighted by molar-refractivity contribution is -0.138. The summed E-state index contributed by atoms with van der Waals surface area (Å²) in [7, 11) is 0. The van der Waals surface area contributed by atoms with E-state index in [2.05, 4.69) is 15.5 Å². The van der Waals surface area contributed by atoms with Gasteiger partial charge in [-0.05, 0) is 25.0 Å². The van der Waals surface area contributed by atoms with Crippen LogP contribution in [-0.4, -0.2) is 46.1 Å². The smallest absolute Gasteiger partial charge is 0.273 e. The fraction of sp³-hybridized carbons (Fsp3) is 0.467. The monoisotopic (exact) mass is 302 g/mol. The first-order valence-corrected chi connectivity index (χ1v) is 7.30. The van der Waals surface area contributed by atoms with E-state index in [4.69, 9.17) is 4.84 Å². The molecule has 7 nitrogen and oxygen atoms in total. The van der Waals surface area contributed by atoms with Gasteiger partial charge < -0.3 is 15.1 Å². The summed E-state index contributed by atoms with van der Waals surface area (Å²) in [6, 6.07) is 3.42. The highest BCUT2D eigenvalue weighted by Crippen LogP contribution is 2.33. The molecule has 0 aromatic carbocycles. The number of amides is 2. The van der Waals surface area contributed by atoms with Gasteiger partial charge in [-0.25, -0.2) is 0 Å². The number of piperidine rings is 1. The molecule has 1 aromatic heterocycles. The van der Waals surface area contributed by atoms with E-state index in [9.17, 15) is 9.59 Å². The molecule has 0 aliphatic carbocycles. The highest BCUT2D eigenvalue weighted by molar-refractivity contribution is 6.43. The van der Waals surface area contributed by atoms with Crippen molar-refractivity contribution in [3.8, 4) is 0 Å². The molecule has 1 spiro atoms. The minimum Gasteiger partial charge on any atom is -0.386 e. The van der Waals surface area contributed by atoms with Crippen molar-refractivity contribution in [2.75, 3.05) is 18.4 Å². The number of likely N-dealkylation sites (tertiary alicyclic amines) is 1. The topological polar surface area (TPSA) is 83.9 Å². The van der Waals surface area contributed by atoms with Crippen LogP contribution in [0.15, 0.2) is 29.7 Å². The van der Waals surface area contributed by atoms with Crippen LogP contribution < -0.4 is 5.32 Å². The molecule has 1 atom stereocenters. The zero-order chi connectivity index (χ0) is 15.6. The zero-order valence-electron chi connectivity index (χ0n) is 12.4. The van der Waals surface area contributed by atoms with Gasteiger partial charge in [0.15, 0.2) is 5.60 Å². The summed E-state index contributed by atoms with van der Waals surface area (Å²) in [4.78, 5) is 35.0. The van der Waals surface area contributed by atoms with E-state index < -0.39 is 5.60 Å². The molecular formula is C15H18N4O3. The maximum Gasteiger partial charge on any atom is 0.273 e. The van der Waals surface area contributed by atoms with Gasteiger partial charge >= 0.3 is 0 Å². The van der Waals surface area contributed by atoms with E-state index in [-0.39, 0.29) is 11.8 Å². The second-order valence-electron chi connectivity index (χ2n) is 5.72. The lowest BCUT2D eigenvalue weighted by atomic mass is 9.88. The number of aromatic nitrogens is 1.